The van der Waals surface area contributed by atoms with Gasteiger partial charge >= 0.3 is 0 Å². The van der Waals surface area contributed by atoms with Crippen LogP contribution in [0.1, 0.15) is 5.56 Å². The number of carbonyl (C=O) groups is 1. The van der Waals surface area contributed by atoms with E-state index in [0.29, 0.717) is 29.4 Å². The van der Waals surface area contributed by atoms with E-state index < -0.39 is 6.10 Å². The first kappa shape index (κ1) is 21.9. The Hall–Kier alpha value is -3.44. The van der Waals surface area contributed by atoms with Gasteiger partial charge in [-0.2, -0.15) is 5.26 Å². The van der Waals surface area contributed by atoms with Crippen LogP contribution in [0.3, 0.4) is 0 Å². The van der Waals surface area contributed by atoms with Crippen molar-refractivity contribution in [2.45, 2.75) is 12.5 Å². The number of methoxy groups -OCH3 is 2. The number of aliphatic hydroxyl groups excluding tert-OH is 1. The van der Waals surface area contributed by atoms with E-state index in [2.05, 4.69) is 11.4 Å². The second-order valence-electron chi connectivity index (χ2n) is 6.03. The Bertz CT molecular complexity index is 810. The van der Waals surface area contributed by atoms with Gasteiger partial charge in [0.2, 0.25) is 5.75 Å². The van der Waals surface area contributed by atoms with Crippen molar-refractivity contribution in [2.24, 2.45) is 0 Å². The van der Waals surface area contributed by atoms with Crippen LogP contribution in [0.4, 0.5) is 0 Å². The van der Waals surface area contributed by atoms with Crippen molar-refractivity contribution < 1.29 is 28.8 Å². The van der Waals surface area contributed by atoms with Crippen LogP contribution < -0.4 is 24.3 Å². The molecule has 154 valence electrons. The summed E-state index contributed by atoms with van der Waals surface area (Å²) in [5, 5.41) is 21.3. The second-order valence-corrected chi connectivity index (χ2v) is 6.03. The van der Waals surface area contributed by atoms with Gasteiger partial charge in [0.25, 0.3) is 5.91 Å². The molecule has 0 bridgehead atoms. The molecule has 1 amide bonds. The van der Waals surface area contributed by atoms with Crippen LogP contribution in [-0.4, -0.2) is 51.1 Å². The number of amides is 1. The molecule has 0 fully saturated rings. The van der Waals surface area contributed by atoms with E-state index >= 15 is 0 Å². The van der Waals surface area contributed by atoms with Gasteiger partial charge < -0.3 is 29.4 Å². The highest BCUT2D eigenvalue weighted by atomic mass is 16.5. The normalized spacial score (nSPS) is 11.1. The Morgan fingerprint density at radius 2 is 1.76 bits per heavy atom. The molecule has 0 aliphatic heterocycles. The van der Waals surface area contributed by atoms with Gasteiger partial charge in [-0.15, -0.1) is 0 Å². The van der Waals surface area contributed by atoms with Crippen molar-refractivity contribution in [2.75, 3.05) is 34.0 Å². The summed E-state index contributed by atoms with van der Waals surface area (Å²) in [5.74, 6) is 1.49. The highest BCUT2D eigenvalue weighted by Crippen LogP contribution is 2.36. The maximum absolute atomic E-state index is 11.9. The van der Waals surface area contributed by atoms with Gasteiger partial charge in [-0.05, 0) is 29.8 Å². The molecular weight excluding hydrogens is 376 g/mol. The maximum atomic E-state index is 11.9. The summed E-state index contributed by atoms with van der Waals surface area (Å²) in [6, 6.07) is 14.2. The van der Waals surface area contributed by atoms with E-state index in [1.807, 2.05) is 0 Å². The van der Waals surface area contributed by atoms with Crippen molar-refractivity contribution >= 4 is 5.91 Å². The van der Waals surface area contributed by atoms with Gasteiger partial charge in [0.15, 0.2) is 18.1 Å². The number of ether oxygens (including phenoxy) is 4. The zero-order valence-electron chi connectivity index (χ0n) is 16.4. The summed E-state index contributed by atoms with van der Waals surface area (Å²) < 4.78 is 21.4. The molecule has 2 rings (SSSR count). The van der Waals surface area contributed by atoms with Gasteiger partial charge in [-0.25, -0.2) is 0 Å². The van der Waals surface area contributed by atoms with E-state index in [9.17, 15) is 9.90 Å². The Kier molecular flexibility index (Phi) is 8.60. The first-order valence-corrected chi connectivity index (χ1v) is 8.94. The van der Waals surface area contributed by atoms with E-state index in [0.717, 1.165) is 5.56 Å². The molecule has 2 N–H and O–H groups in total. The molecular formula is C21H24N2O6. The number of hydrogen-bond donors (Lipinski definition) is 2. The highest BCUT2D eigenvalue weighted by molar-refractivity contribution is 5.77. The number of benzene rings is 2. The standard InChI is InChI=1S/C21H24N2O6/c1-26-18-4-3-5-19(27-2)21(18)29-13-16(24)12-23-20(25)14-28-17-8-6-15(7-9-17)10-11-22/h3-9,16,24H,10,12-14H2,1-2H3,(H,23,25). The summed E-state index contributed by atoms with van der Waals surface area (Å²) in [4.78, 5) is 11.9. The minimum atomic E-state index is -0.932. The second kappa shape index (κ2) is 11.4. The topological polar surface area (TPSA) is 110 Å². The van der Waals surface area contributed by atoms with Crippen molar-refractivity contribution in [1.82, 2.24) is 5.32 Å². The minimum absolute atomic E-state index is 0.000759. The fourth-order valence-corrected chi connectivity index (χ4v) is 2.42. The van der Waals surface area contributed by atoms with Crippen LogP contribution in [0.5, 0.6) is 23.0 Å². The number of nitrogens with one attached hydrogen (secondary N) is 1. The summed E-state index contributed by atoms with van der Waals surface area (Å²) in [5.41, 5.74) is 0.874. The number of para-hydroxylation sites is 1. The average Bonchev–Trinajstić information content (AvgIpc) is 2.75. The molecule has 0 aliphatic carbocycles. The molecule has 2 aromatic carbocycles. The fourth-order valence-electron chi connectivity index (χ4n) is 2.42. The van der Waals surface area contributed by atoms with Crippen LogP contribution in [0.2, 0.25) is 0 Å². The fraction of sp³-hybridized carbons (Fsp3) is 0.333. The molecule has 0 heterocycles. The highest BCUT2D eigenvalue weighted by Gasteiger charge is 2.14. The quantitative estimate of drug-likeness (QED) is 0.591. The van der Waals surface area contributed by atoms with Gasteiger partial charge in [0.05, 0.1) is 26.7 Å². The molecule has 8 nitrogen and oxygen atoms in total. The molecule has 29 heavy (non-hydrogen) atoms. The average molecular weight is 400 g/mol. The van der Waals surface area contributed by atoms with E-state index in [4.69, 9.17) is 24.2 Å². The zero-order valence-corrected chi connectivity index (χ0v) is 16.4. The van der Waals surface area contributed by atoms with Gasteiger partial charge in [0, 0.05) is 6.54 Å². The molecule has 0 saturated heterocycles. The van der Waals surface area contributed by atoms with Crippen molar-refractivity contribution in [1.29, 1.82) is 5.26 Å². The Morgan fingerprint density at radius 3 is 2.34 bits per heavy atom. The summed E-state index contributed by atoms with van der Waals surface area (Å²) in [7, 11) is 3.02. The molecule has 0 aliphatic rings. The first-order chi connectivity index (χ1) is 14.1. The lowest BCUT2D eigenvalue weighted by atomic mass is 10.2. The molecule has 1 atom stereocenters. The number of carbonyl (C=O) groups excluding carboxylic acids is 1. The number of rotatable bonds is 11. The third-order valence-electron chi connectivity index (χ3n) is 3.91. The van der Waals surface area contributed by atoms with Crippen LogP contribution in [0.25, 0.3) is 0 Å². The largest absolute Gasteiger partial charge is 0.493 e. The lowest BCUT2D eigenvalue weighted by molar-refractivity contribution is -0.123. The SMILES string of the molecule is COc1cccc(OC)c1OCC(O)CNC(=O)COc1ccc(CC#N)cc1. The lowest BCUT2D eigenvalue weighted by Crippen LogP contribution is -2.37. The Labute approximate surface area is 169 Å². The maximum Gasteiger partial charge on any atom is 0.258 e. The van der Waals surface area contributed by atoms with E-state index in [1.54, 1.807) is 42.5 Å². The van der Waals surface area contributed by atoms with Crippen molar-refractivity contribution in [3.8, 4) is 29.1 Å². The van der Waals surface area contributed by atoms with Gasteiger partial charge in [-0.1, -0.05) is 18.2 Å². The number of hydrogen-bond acceptors (Lipinski definition) is 7. The molecule has 0 radical (unpaired) electrons. The predicted molar refractivity (Wildman–Crippen MR) is 105 cm³/mol. The molecule has 8 heteroatoms. The summed E-state index contributed by atoms with van der Waals surface area (Å²) in [6.45, 7) is -0.246. The van der Waals surface area contributed by atoms with Crippen LogP contribution in [-0.2, 0) is 11.2 Å². The monoisotopic (exact) mass is 400 g/mol. The Morgan fingerprint density at radius 1 is 1.10 bits per heavy atom. The van der Waals surface area contributed by atoms with Crippen molar-refractivity contribution in [3.63, 3.8) is 0 Å². The third-order valence-corrected chi connectivity index (χ3v) is 3.91. The minimum Gasteiger partial charge on any atom is -0.493 e. The summed E-state index contributed by atoms with van der Waals surface area (Å²) >= 11 is 0. The number of nitrogens with zero attached hydrogens (tertiary/aromatic N) is 1. The molecule has 1 unspecified atom stereocenters. The lowest BCUT2D eigenvalue weighted by Gasteiger charge is -2.17. The number of aliphatic hydroxyl groups is 1. The van der Waals surface area contributed by atoms with Crippen LogP contribution in [0, 0.1) is 11.3 Å². The third kappa shape index (κ3) is 6.90. The summed E-state index contributed by atoms with van der Waals surface area (Å²) in [6.07, 6.45) is -0.611. The molecule has 0 saturated carbocycles. The zero-order chi connectivity index (χ0) is 21.1. The van der Waals surface area contributed by atoms with Gasteiger partial charge in [0.1, 0.15) is 18.5 Å². The van der Waals surface area contributed by atoms with E-state index in [1.165, 1.54) is 14.2 Å². The molecule has 2 aromatic rings. The van der Waals surface area contributed by atoms with Crippen LogP contribution >= 0.6 is 0 Å². The first-order valence-electron chi connectivity index (χ1n) is 8.94. The molecule has 0 spiro atoms. The number of nitriles is 1. The van der Waals surface area contributed by atoms with Crippen LogP contribution in [0.15, 0.2) is 42.5 Å². The van der Waals surface area contributed by atoms with Gasteiger partial charge in [-0.3, -0.25) is 4.79 Å². The molecule has 0 aromatic heterocycles. The van der Waals surface area contributed by atoms with E-state index in [-0.39, 0.29) is 25.7 Å². The smallest absolute Gasteiger partial charge is 0.258 e. The Balaban J connectivity index is 1.74. The predicted octanol–water partition coefficient (Wildman–Crippen LogP) is 1.70. The van der Waals surface area contributed by atoms with Crippen molar-refractivity contribution in [3.05, 3.63) is 48.0 Å².